The Morgan fingerprint density at radius 3 is 2.78 bits per heavy atom. The molecule has 3 aromatic rings. The molecule has 0 fully saturated rings. The van der Waals surface area contributed by atoms with E-state index in [-0.39, 0.29) is 34.1 Å². The van der Waals surface area contributed by atoms with Crippen LogP contribution in [0.5, 0.6) is 0 Å². The summed E-state index contributed by atoms with van der Waals surface area (Å²) >= 11 is 12.0. The third kappa shape index (κ3) is 4.12. The summed E-state index contributed by atoms with van der Waals surface area (Å²) in [7, 11) is 0. The van der Waals surface area contributed by atoms with Crippen LogP contribution in [0.1, 0.15) is 25.0 Å². The molecule has 5 nitrogen and oxygen atoms in total. The number of hydrogen-bond donors (Lipinski definition) is 0. The number of rotatable bonds is 5. The van der Waals surface area contributed by atoms with E-state index >= 15 is 0 Å². The number of para-hydroxylation sites is 1. The predicted molar refractivity (Wildman–Crippen MR) is 102 cm³/mol. The maximum absolute atomic E-state index is 13.6. The summed E-state index contributed by atoms with van der Waals surface area (Å²) < 4.78 is 20.3. The molecule has 0 aliphatic carbocycles. The predicted octanol–water partition coefficient (Wildman–Crippen LogP) is 4.54. The lowest BCUT2D eigenvalue weighted by Gasteiger charge is -2.17. The van der Waals surface area contributed by atoms with E-state index in [1.807, 2.05) is 0 Å². The lowest BCUT2D eigenvalue weighted by atomic mass is 10.1. The van der Waals surface area contributed by atoms with Gasteiger partial charge in [0.15, 0.2) is 0 Å². The largest absolute Gasteiger partial charge is 0.458 e. The highest BCUT2D eigenvalue weighted by atomic mass is 35.5. The molecular formula is C19H15Cl2FN2O3. The monoisotopic (exact) mass is 408 g/mol. The van der Waals surface area contributed by atoms with Gasteiger partial charge >= 0.3 is 5.97 Å². The zero-order valence-corrected chi connectivity index (χ0v) is 15.8. The molecule has 27 heavy (non-hydrogen) atoms. The van der Waals surface area contributed by atoms with Crippen LogP contribution in [0, 0.1) is 5.82 Å². The summed E-state index contributed by atoms with van der Waals surface area (Å²) in [4.78, 5) is 28.7. The average Bonchev–Trinajstić information content (AvgIpc) is 2.65. The first-order valence-electron chi connectivity index (χ1n) is 8.15. The Morgan fingerprint density at radius 1 is 1.26 bits per heavy atom. The highest BCUT2D eigenvalue weighted by Gasteiger charge is 2.20. The number of esters is 1. The molecule has 0 bridgehead atoms. The van der Waals surface area contributed by atoms with Crippen LogP contribution in [0.4, 0.5) is 4.39 Å². The fraction of sp³-hybridized carbons (Fsp3) is 0.211. The second-order valence-corrected chi connectivity index (χ2v) is 6.68. The van der Waals surface area contributed by atoms with Gasteiger partial charge in [-0.2, -0.15) is 0 Å². The first-order chi connectivity index (χ1) is 12.9. The molecule has 1 atom stereocenters. The summed E-state index contributed by atoms with van der Waals surface area (Å²) in [5.74, 6) is -1.22. The van der Waals surface area contributed by atoms with Crippen LogP contribution in [0.25, 0.3) is 10.9 Å². The number of hydrogen-bond acceptors (Lipinski definition) is 4. The third-order valence-electron chi connectivity index (χ3n) is 4.08. The minimum atomic E-state index is -0.834. The van der Waals surface area contributed by atoms with Gasteiger partial charge in [0.25, 0.3) is 5.56 Å². The topological polar surface area (TPSA) is 61.2 Å². The van der Waals surface area contributed by atoms with E-state index in [9.17, 15) is 14.0 Å². The van der Waals surface area contributed by atoms with Crippen molar-refractivity contribution in [3.05, 3.63) is 74.5 Å². The average molecular weight is 409 g/mol. The zero-order valence-electron chi connectivity index (χ0n) is 14.3. The number of halogens is 3. The molecular weight excluding hydrogens is 394 g/mol. The Morgan fingerprint density at radius 2 is 2.00 bits per heavy atom. The number of carbonyl (C=O) groups excluding carboxylic acids is 1. The van der Waals surface area contributed by atoms with Gasteiger partial charge in [0, 0.05) is 17.1 Å². The van der Waals surface area contributed by atoms with Crippen molar-refractivity contribution in [2.45, 2.75) is 26.0 Å². The van der Waals surface area contributed by atoms with Crippen molar-refractivity contribution in [3.63, 3.8) is 0 Å². The molecule has 2 aromatic carbocycles. The zero-order chi connectivity index (χ0) is 19.6. The van der Waals surface area contributed by atoms with Gasteiger partial charge in [0.1, 0.15) is 11.9 Å². The van der Waals surface area contributed by atoms with E-state index in [1.165, 1.54) is 17.0 Å². The minimum absolute atomic E-state index is 0.0607. The molecule has 3 rings (SSSR count). The Kier molecular flexibility index (Phi) is 5.77. The van der Waals surface area contributed by atoms with Gasteiger partial charge in [-0.3, -0.25) is 14.2 Å². The molecule has 140 valence electrons. The number of aromatic nitrogens is 2. The molecule has 1 unspecified atom stereocenters. The number of fused-ring (bicyclic) bond motifs is 1. The van der Waals surface area contributed by atoms with Crippen molar-refractivity contribution in [2.24, 2.45) is 0 Å². The minimum Gasteiger partial charge on any atom is -0.458 e. The Balaban J connectivity index is 1.69. The summed E-state index contributed by atoms with van der Waals surface area (Å²) in [5, 5.41) is 0.495. The molecule has 1 aromatic heterocycles. The van der Waals surface area contributed by atoms with Crippen molar-refractivity contribution in [1.82, 2.24) is 9.55 Å². The van der Waals surface area contributed by atoms with E-state index in [0.717, 1.165) is 6.07 Å². The molecule has 0 radical (unpaired) electrons. The van der Waals surface area contributed by atoms with Crippen LogP contribution < -0.4 is 5.56 Å². The standard InChI is InChI=1S/C19H15Cl2FN2O3/c1-11(17-13(20)6-7-14(22)18(17)21)27-16(25)8-9-24-10-23-15-5-3-2-4-12(15)19(24)26/h2-7,10-11H,8-9H2,1H3. The fourth-order valence-corrected chi connectivity index (χ4v) is 3.39. The number of benzene rings is 2. The van der Waals surface area contributed by atoms with E-state index in [1.54, 1.807) is 31.2 Å². The Bertz CT molecular complexity index is 1070. The SMILES string of the molecule is CC(OC(=O)CCn1cnc2ccccc2c1=O)c1c(Cl)ccc(F)c1Cl. The summed E-state index contributed by atoms with van der Waals surface area (Å²) in [6.45, 7) is 1.65. The smallest absolute Gasteiger partial charge is 0.308 e. The second kappa shape index (κ2) is 8.06. The number of carbonyl (C=O) groups is 1. The van der Waals surface area contributed by atoms with Crippen LogP contribution in [0.3, 0.4) is 0 Å². The number of aryl methyl sites for hydroxylation is 1. The van der Waals surface area contributed by atoms with Crippen LogP contribution in [-0.4, -0.2) is 15.5 Å². The van der Waals surface area contributed by atoms with Crippen LogP contribution in [0.2, 0.25) is 10.0 Å². The van der Waals surface area contributed by atoms with Gasteiger partial charge in [-0.25, -0.2) is 9.37 Å². The lowest BCUT2D eigenvalue weighted by Crippen LogP contribution is -2.22. The van der Waals surface area contributed by atoms with Crippen LogP contribution >= 0.6 is 23.2 Å². The van der Waals surface area contributed by atoms with Gasteiger partial charge < -0.3 is 4.74 Å². The molecule has 0 amide bonds. The van der Waals surface area contributed by atoms with Gasteiger partial charge in [-0.05, 0) is 31.2 Å². The van der Waals surface area contributed by atoms with Gasteiger partial charge in [-0.1, -0.05) is 35.3 Å². The molecule has 0 saturated carbocycles. The quantitative estimate of drug-likeness (QED) is 0.459. The van der Waals surface area contributed by atoms with Gasteiger partial charge in [0.2, 0.25) is 0 Å². The first kappa shape index (κ1) is 19.3. The van der Waals surface area contributed by atoms with E-state index in [4.69, 9.17) is 27.9 Å². The normalized spacial score (nSPS) is 12.1. The van der Waals surface area contributed by atoms with E-state index < -0.39 is 17.9 Å². The van der Waals surface area contributed by atoms with Crippen molar-refractivity contribution < 1.29 is 13.9 Å². The fourth-order valence-electron chi connectivity index (χ4n) is 2.71. The summed E-state index contributed by atoms with van der Waals surface area (Å²) in [5.41, 5.74) is 0.555. The highest BCUT2D eigenvalue weighted by Crippen LogP contribution is 2.34. The maximum Gasteiger partial charge on any atom is 0.308 e. The molecule has 0 aliphatic heterocycles. The van der Waals surface area contributed by atoms with Crippen molar-refractivity contribution >= 4 is 40.1 Å². The molecule has 0 N–H and O–H groups in total. The Hall–Kier alpha value is -2.44. The third-order valence-corrected chi connectivity index (χ3v) is 4.80. The molecule has 0 aliphatic rings. The van der Waals surface area contributed by atoms with Gasteiger partial charge in [0.05, 0.1) is 28.7 Å². The summed E-state index contributed by atoms with van der Waals surface area (Å²) in [6, 6.07) is 9.45. The molecule has 0 saturated heterocycles. The first-order valence-corrected chi connectivity index (χ1v) is 8.91. The molecule has 0 spiro atoms. The summed E-state index contributed by atoms with van der Waals surface area (Å²) in [6.07, 6.45) is 0.496. The lowest BCUT2D eigenvalue weighted by molar-refractivity contribution is -0.148. The number of nitrogens with zero attached hydrogens (tertiary/aromatic N) is 2. The highest BCUT2D eigenvalue weighted by molar-refractivity contribution is 6.36. The second-order valence-electron chi connectivity index (χ2n) is 5.90. The molecule has 1 heterocycles. The van der Waals surface area contributed by atoms with Crippen molar-refractivity contribution in [2.75, 3.05) is 0 Å². The van der Waals surface area contributed by atoms with Crippen LogP contribution in [0.15, 0.2) is 47.5 Å². The maximum atomic E-state index is 13.6. The van der Waals surface area contributed by atoms with Crippen molar-refractivity contribution in [3.8, 4) is 0 Å². The molecule has 8 heteroatoms. The van der Waals surface area contributed by atoms with Crippen LogP contribution in [-0.2, 0) is 16.1 Å². The van der Waals surface area contributed by atoms with Crippen molar-refractivity contribution in [1.29, 1.82) is 0 Å². The Labute approximate surface area is 164 Å². The number of ether oxygens (including phenoxy) is 1. The van der Waals surface area contributed by atoms with E-state index in [0.29, 0.717) is 10.9 Å². The van der Waals surface area contributed by atoms with Gasteiger partial charge in [-0.15, -0.1) is 0 Å². The van der Waals surface area contributed by atoms with E-state index in [2.05, 4.69) is 4.98 Å².